The minimum atomic E-state index is 0. The molecule has 0 unspecified atom stereocenters. The van der Waals surface area contributed by atoms with Crippen LogP contribution in [-0.2, 0) is 21.1 Å². The number of hydrogen-bond acceptors (Lipinski definition) is 4. The van der Waals surface area contributed by atoms with E-state index in [1.54, 1.807) is 0 Å². The molecule has 0 fully saturated rings. The van der Waals surface area contributed by atoms with Crippen LogP contribution in [0.5, 0.6) is 11.5 Å². The first-order valence-corrected chi connectivity index (χ1v) is 17.5. The Kier molecular flexibility index (Phi) is 7.60. The van der Waals surface area contributed by atoms with Crippen molar-refractivity contribution in [2.45, 2.75) is 0 Å². The minimum absolute atomic E-state index is 0. The number of imidazole rings is 2. The zero-order chi connectivity index (χ0) is 34.9. The van der Waals surface area contributed by atoms with Gasteiger partial charge in [0.1, 0.15) is 5.65 Å². The van der Waals surface area contributed by atoms with Gasteiger partial charge in [-0.05, 0) is 34.0 Å². The number of para-hydroxylation sites is 1. The monoisotopic (exact) mass is 872 g/mol. The third-order valence-electron chi connectivity index (χ3n) is 10.0. The standard InChI is InChI=1S/C47H27N5O.Pt/c1-4-13-30(14-5-1)42-29-49-46-39-27-33(23-25-36(39)38-20-12-26-48-45(38)52(42)46)53-34-22-24-35-37-19-10-11-21-41(37)51-44(32-17-8-3-9-18-32)43(31-15-6-2-7-16-31)50-47(51)40(35)28-34;/h1-26,29H;/q-2;+2. The Balaban J connectivity index is 0.00000361. The fraction of sp³-hybridized carbons (Fsp3) is 0. The Bertz CT molecular complexity index is 3190. The number of ether oxygens (including phenoxy) is 1. The quantitative estimate of drug-likeness (QED) is 0.128. The molecule has 54 heavy (non-hydrogen) atoms. The van der Waals surface area contributed by atoms with Crippen LogP contribution in [0.2, 0.25) is 0 Å². The minimum Gasteiger partial charge on any atom is -0.497 e. The van der Waals surface area contributed by atoms with Gasteiger partial charge in [-0.2, -0.15) is 0 Å². The Morgan fingerprint density at radius 2 is 1.06 bits per heavy atom. The molecule has 0 aliphatic heterocycles. The Morgan fingerprint density at radius 3 is 1.78 bits per heavy atom. The summed E-state index contributed by atoms with van der Waals surface area (Å²) in [5.41, 5.74) is 9.62. The van der Waals surface area contributed by atoms with E-state index in [4.69, 9.17) is 19.7 Å². The Morgan fingerprint density at radius 1 is 0.463 bits per heavy atom. The van der Waals surface area contributed by atoms with Crippen LogP contribution in [0.15, 0.2) is 164 Å². The van der Waals surface area contributed by atoms with E-state index >= 15 is 0 Å². The molecule has 5 aromatic heterocycles. The van der Waals surface area contributed by atoms with E-state index in [1.165, 1.54) is 0 Å². The molecule has 6 nitrogen and oxygen atoms in total. The van der Waals surface area contributed by atoms with Crippen LogP contribution in [0.25, 0.3) is 88.5 Å². The average Bonchev–Trinajstić information content (AvgIpc) is 3.86. The summed E-state index contributed by atoms with van der Waals surface area (Å²) in [6.07, 6.45) is 3.73. The number of pyridine rings is 3. The molecule has 0 aliphatic carbocycles. The largest absolute Gasteiger partial charge is 2.00 e. The van der Waals surface area contributed by atoms with Crippen molar-refractivity contribution < 1.29 is 25.8 Å². The van der Waals surface area contributed by atoms with Crippen LogP contribution < -0.4 is 4.74 Å². The second-order valence-corrected chi connectivity index (χ2v) is 13.1. The molecule has 0 bridgehead atoms. The summed E-state index contributed by atoms with van der Waals surface area (Å²) in [5, 5.41) is 5.92. The van der Waals surface area contributed by atoms with E-state index in [0.29, 0.717) is 11.5 Å². The fourth-order valence-corrected chi connectivity index (χ4v) is 7.71. The zero-order valence-electron chi connectivity index (χ0n) is 28.5. The maximum absolute atomic E-state index is 6.61. The van der Waals surface area contributed by atoms with Crippen molar-refractivity contribution in [3.05, 3.63) is 176 Å². The summed E-state index contributed by atoms with van der Waals surface area (Å²) in [4.78, 5) is 15.1. The van der Waals surface area contributed by atoms with E-state index in [1.807, 2.05) is 60.9 Å². The van der Waals surface area contributed by atoms with Crippen molar-refractivity contribution in [1.29, 1.82) is 0 Å². The molecule has 5 heterocycles. The molecular formula is C47H27N5OPt. The van der Waals surface area contributed by atoms with Gasteiger partial charge in [0.05, 0.1) is 28.4 Å². The van der Waals surface area contributed by atoms with Gasteiger partial charge < -0.3 is 13.5 Å². The first-order valence-electron chi connectivity index (χ1n) is 17.5. The molecule has 0 aliphatic rings. The van der Waals surface area contributed by atoms with Crippen molar-refractivity contribution >= 4 is 54.8 Å². The van der Waals surface area contributed by atoms with Crippen molar-refractivity contribution in [3.63, 3.8) is 0 Å². The van der Waals surface area contributed by atoms with E-state index in [0.717, 1.165) is 88.5 Å². The summed E-state index contributed by atoms with van der Waals surface area (Å²) in [7, 11) is 0. The summed E-state index contributed by atoms with van der Waals surface area (Å²) in [6, 6.07) is 59.0. The molecule has 256 valence electrons. The van der Waals surface area contributed by atoms with Crippen LogP contribution in [0, 0.1) is 12.1 Å². The van der Waals surface area contributed by atoms with Crippen LogP contribution in [0.1, 0.15) is 0 Å². The number of nitrogens with zero attached hydrogens (tertiary/aromatic N) is 5. The Labute approximate surface area is 324 Å². The van der Waals surface area contributed by atoms with Crippen molar-refractivity contribution in [2.75, 3.05) is 0 Å². The average molecular weight is 873 g/mol. The van der Waals surface area contributed by atoms with Gasteiger partial charge in [0, 0.05) is 35.0 Å². The second kappa shape index (κ2) is 12.8. The predicted molar refractivity (Wildman–Crippen MR) is 212 cm³/mol. The predicted octanol–water partition coefficient (Wildman–Crippen LogP) is 11.4. The fourth-order valence-electron chi connectivity index (χ4n) is 7.71. The maximum Gasteiger partial charge on any atom is 2.00 e. The number of rotatable bonds is 5. The smallest absolute Gasteiger partial charge is 0.497 e. The normalized spacial score (nSPS) is 11.6. The van der Waals surface area contributed by atoms with Gasteiger partial charge in [0.25, 0.3) is 0 Å². The molecule has 0 radical (unpaired) electrons. The van der Waals surface area contributed by atoms with E-state index < -0.39 is 0 Å². The summed E-state index contributed by atoms with van der Waals surface area (Å²) < 4.78 is 11.0. The Hall–Kier alpha value is -6.62. The van der Waals surface area contributed by atoms with Gasteiger partial charge in [0.15, 0.2) is 0 Å². The number of benzene rings is 6. The topological polar surface area (TPSA) is 56.7 Å². The zero-order valence-corrected chi connectivity index (χ0v) is 30.8. The van der Waals surface area contributed by atoms with E-state index in [2.05, 4.69) is 124 Å². The molecule has 0 N–H and O–H groups in total. The van der Waals surface area contributed by atoms with Crippen LogP contribution >= 0.6 is 0 Å². The van der Waals surface area contributed by atoms with Gasteiger partial charge in [0.2, 0.25) is 0 Å². The molecule has 0 saturated carbocycles. The van der Waals surface area contributed by atoms with E-state index in [9.17, 15) is 0 Å². The summed E-state index contributed by atoms with van der Waals surface area (Å²) in [6.45, 7) is 0. The number of hydrogen-bond donors (Lipinski definition) is 0. The summed E-state index contributed by atoms with van der Waals surface area (Å²) in [5.74, 6) is 1.14. The SMILES string of the molecule is [Pt+2].[c-]1c(Oc2[c-]c3c(cc2)c2cccnc2n2c(-c4ccccc4)cnc32)ccc2c1c1nc(-c3ccccc3)c(-c3ccccc3)n1c1ccccc21. The van der Waals surface area contributed by atoms with Crippen molar-refractivity contribution in [2.24, 2.45) is 0 Å². The van der Waals surface area contributed by atoms with Gasteiger partial charge >= 0.3 is 21.1 Å². The first-order chi connectivity index (χ1) is 26.3. The molecular weight excluding hydrogens is 846 g/mol. The molecule has 0 spiro atoms. The summed E-state index contributed by atoms with van der Waals surface area (Å²) >= 11 is 0. The maximum atomic E-state index is 6.61. The van der Waals surface area contributed by atoms with Gasteiger partial charge in [-0.25, -0.2) is 4.98 Å². The molecule has 6 aromatic carbocycles. The molecule has 0 saturated heterocycles. The van der Waals surface area contributed by atoms with Gasteiger partial charge in [-0.15, -0.1) is 12.1 Å². The van der Waals surface area contributed by atoms with Gasteiger partial charge in [-0.3, -0.25) is 9.97 Å². The van der Waals surface area contributed by atoms with Crippen molar-refractivity contribution in [1.82, 2.24) is 23.8 Å². The number of fused-ring (bicyclic) bond motifs is 12. The van der Waals surface area contributed by atoms with E-state index in [-0.39, 0.29) is 21.1 Å². The third kappa shape index (κ3) is 4.95. The molecule has 11 aromatic rings. The van der Waals surface area contributed by atoms with Crippen LogP contribution in [0.3, 0.4) is 0 Å². The van der Waals surface area contributed by atoms with Crippen LogP contribution in [-0.4, -0.2) is 23.8 Å². The molecule has 11 rings (SSSR count). The molecule has 0 amide bonds. The first kappa shape index (κ1) is 32.1. The number of aromatic nitrogens is 5. The van der Waals surface area contributed by atoms with Crippen molar-refractivity contribution in [3.8, 4) is 45.3 Å². The molecule has 7 heteroatoms. The van der Waals surface area contributed by atoms with Gasteiger partial charge in [-0.1, -0.05) is 161 Å². The van der Waals surface area contributed by atoms with Crippen LogP contribution in [0.4, 0.5) is 0 Å². The second-order valence-electron chi connectivity index (χ2n) is 13.1. The third-order valence-corrected chi connectivity index (χ3v) is 10.0. The molecule has 0 atom stereocenters.